The Labute approximate surface area is 169 Å². The average molecular weight is 404 g/mol. The van der Waals surface area contributed by atoms with Crippen molar-refractivity contribution >= 4 is 11.6 Å². The van der Waals surface area contributed by atoms with Crippen LogP contribution in [0.4, 0.5) is 8.78 Å². The Balaban J connectivity index is 1.67. The third kappa shape index (κ3) is 3.11. The monoisotopic (exact) mass is 403 g/mol. The van der Waals surface area contributed by atoms with Crippen LogP contribution in [0, 0.1) is 11.6 Å². The third-order valence-corrected chi connectivity index (χ3v) is 6.79. The Hall–Kier alpha value is -1.65. The molecule has 5 rings (SSSR count). The lowest BCUT2D eigenvalue weighted by atomic mass is 9.80. The molecule has 3 aliphatic rings. The zero-order valence-electron chi connectivity index (χ0n) is 15.7. The summed E-state index contributed by atoms with van der Waals surface area (Å²) in [6, 6.07) is 6.29. The Bertz CT molecular complexity index is 887. The van der Waals surface area contributed by atoms with E-state index in [0.717, 1.165) is 49.2 Å². The van der Waals surface area contributed by atoms with Gasteiger partial charge < -0.3 is 10.1 Å². The van der Waals surface area contributed by atoms with Gasteiger partial charge in [0.25, 0.3) is 0 Å². The van der Waals surface area contributed by atoms with Crippen molar-refractivity contribution in [3.63, 3.8) is 0 Å². The molecule has 1 N–H and O–H groups in total. The minimum Gasteiger partial charge on any atom is -0.489 e. The predicted octanol–water partition coefficient (Wildman–Crippen LogP) is 6.17. The molecule has 0 amide bonds. The molecule has 2 aromatic carbocycles. The highest BCUT2D eigenvalue weighted by Gasteiger charge is 2.39. The fourth-order valence-corrected chi connectivity index (χ4v) is 5.39. The number of benzene rings is 2. The second kappa shape index (κ2) is 7.31. The van der Waals surface area contributed by atoms with Gasteiger partial charge in [0.15, 0.2) is 0 Å². The van der Waals surface area contributed by atoms with Crippen LogP contribution in [0.1, 0.15) is 61.5 Å². The van der Waals surface area contributed by atoms with E-state index in [1.165, 1.54) is 31.4 Å². The summed E-state index contributed by atoms with van der Waals surface area (Å²) >= 11 is 5.84. The molecule has 0 bridgehead atoms. The molecule has 2 heterocycles. The van der Waals surface area contributed by atoms with Crippen LogP contribution < -0.4 is 10.1 Å². The van der Waals surface area contributed by atoms with E-state index in [1.807, 2.05) is 12.1 Å². The quantitative estimate of drug-likeness (QED) is 0.647. The fourth-order valence-electron chi connectivity index (χ4n) is 5.20. The van der Waals surface area contributed by atoms with E-state index >= 15 is 0 Å². The molecular weight excluding hydrogens is 380 g/mol. The van der Waals surface area contributed by atoms with Crippen LogP contribution in [-0.4, -0.2) is 19.2 Å². The Morgan fingerprint density at radius 1 is 0.929 bits per heavy atom. The number of rotatable bonds is 2. The van der Waals surface area contributed by atoms with Crippen LogP contribution in [-0.2, 0) is 0 Å². The third-order valence-electron chi connectivity index (χ3n) is 6.57. The van der Waals surface area contributed by atoms with E-state index in [0.29, 0.717) is 11.5 Å². The van der Waals surface area contributed by atoms with Crippen molar-refractivity contribution in [2.45, 2.75) is 56.5 Å². The lowest BCUT2D eigenvalue weighted by molar-refractivity contribution is 0.170. The first kappa shape index (κ1) is 18.4. The molecular formula is C23H24ClF2NO. The van der Waals surface area contributed by atoms with Crippen LogP contribution >= 0.6 is 11.6 Å². The molecule has 1 aliphatic carbocycles. The molecule has 1 saturated heterocycles. The second-order valence-electron chi connectivity index (χ2n) is 8.32. The highest BCUT2D eigenvalue weighted by molar-refractivity contribution is 6.30. The maximum absolute atomic E-state index is 14.7. The zero-order valence-corrected chi connectivity index (χ0v) is 16.5. The summed E-state index contributed by atoms with van der Waals surface area (Å²) in [6.45, 7) is 1.79. The fraction of sp³-hybridized carbons (Fsp3) is 0.478. The standard InChI is InChI=1S/C23H24ClF2NO/c24-15-10-19(25)22(20(26)11-15)14-8-16(13-4-2-1-3-5-13)23-17(9-14)18-12-27-7-6-21(18)28-23/h8-11,13,18,21,27H,1-7,12H2/t18?,21-/m0/s1. The Morgan fingerprint density at radius 2 is 1.64 bits per heavy atom. The van der Waals surface area contributed by atoms with Gasteiger partial charge in [0, 0.05) is 23.0 Å². The van der Waals surface area contributed by atoms with Crippen molar-refractivity contribution in [1.82, 2.24) is 5.32 Å². The van der Waals surface area contributed by atoms with Crippen molar-refractivity contribution < 1.29 is 13.5 Å². The van der Waals surface area contributed by atoms with Gasteiger partial charge in [-0.25, -0.2) is 8.78 Å². The average Bonchev–Trinajstić information content (AvgIpc) is 3.06. The molecule has 1 saturated carbocycles. The molecule has 0 aromatic heterocycles. The first-order valence-corrected chi connectivity index (χ1v) is 10.7. The van der Waals surface area contributed by atoms with E-state index in [1.54, 1.807) is 0 Å². The predicted molar refractivity (Wildman–Crippen MR) is 107 cm³/mol. The van der Waals surface area contributed by atoms with E-state index in [9.17, 15) is 8.78 Å². The second-order valence-corrected chi connectivity index (χ2v) is 8.76. The van der Waals surface area contributed by atoms with E-state index in [-0.39, 0.29) is 22.6 Å². The number of hydrogen-bond acceptors (Lipinski definition) is 2. The number of hydrogen-bond donors (Lipinski definition) is 1. The molecule has 2 fully saturated rings. The molecule has 148 valence electrons. The van der Waals surface area contributed by atoms with Crippen molar-refractivity contribution in [1.29, 1.82) is 0 Å². The van der Waals surface area contributed by atoms with Crippen LogP contribution in [0.3, 0.4) is 0 Å². The molecule has 28 heavy (non-hydrogen) atoms. The summed E-state index contributed by atoms with van der Waals surface area (Å²) in [4.78, 5) is 0. The van der Waals surface area contributed by atoms with Gasteiger partial charge in [-0.1, -0.05) is 30.9 Å². The summed E-state index contributed by atoms with van der Waals surface area (Å²) in [6.07, 6.45) is 6.99. The van der Waals surface area contributed by atoms with Gasteiger partial charge in [-0.3, -0.25) is 0 Å². The number of piperidine rings is 1. The highest BCUT2D eigenvalue weighted by atomic mass is 35.5. The van der Waals surface area contributed by atoms with E-state index < -0.39 is 11.6 Å². The molecule has 0 spiro atoms. The summed E-state index contributed by atoms with van der Waals surface area (Å²) in [7, 11) is 0. The normalized spacial score (nSPS) is 24.5. The highest BCUT2D eigenvalue weighted by Crippen LogP contribution is 2.49. The van der Waals surface area contributed by atoms with Crippen LogP contribution in [0.15, 0.2) is 24.3 Å². The van der Waals surface area contributed by atoms with Crippen LogP contribution in [0.2, 0.25) is 5.02 Å². The first-order valence-electron chi connectivity index (χ1n) is 10.3. The minimum absolute atomic E-state index is 0.0106. The lowest BCUT2D eigenvalue weighted by Gasteiger charge is -2.25. The maximum Gasteiger partial charge on any atom is 0.135 e. The maximum atomic E-state index is 14.7. The number of halogens is 3. The van der Waals surface area contributed by atoms with Gasteiger partial charge in [-0.2, -0.15) is 0 Å². The molecule has 5 heteroatoms. The summed E-state index contributed by atoms with van der Waals surface area (Å²) in [5.74, 6) is 0.385. The summed E-state index contributed by atoms with van der Waals surface area (Å²) < 4.78 is 35.8. The van der Waals surface area contributed by atoms with Gasteiger partial charge in [0.1, 0.15) is 23.5 Å². The molecule has 2 nitrogen and oxygen atoms in total. The SMILES string of the molecule is Fc1cc(Cl)cc(F)c1-c1cc(C2CCCCC2)c2c(c1)C1CNCC[C@@H]1O2. The Morgan fingerprint density at radius 3 is 2.39 bits per heavy atom. The number of ether oxygens (including phenoxy) is 1. The van der Waals surface area contributed by atoms with Crippen molar-refractivity contribution in [3.8, 4) is 16.9 Å². The topological polar surface area (TPSA) is 21.3 Å². The van der Waals surface area contributed by atoms with E-state index in [2.05, 4.69) is 5.32 Å². The van der Waals surface area contributed by atoms with Crippen LogP contribution in [0.5, 0.6) is 5.75 Å². The molecule has 2 atom stereocenters. The summed E-state index contributed by atoms with van der Waals surface area (Å²) in [5.41, 5.74) is 2.84. The van der Waals surface area contributed by atoms with Crippen molar-refractivity contribution in [2.24, 2.45) is 0 Å². The van der Waals surface area contributed by atoms with Crippen molar-refractivity contribution in [3.05, 3.63) is 52.0 Å². The lowest BCUT2D eigenvalue weighted by Crippen LogP contribution is -2.37. The van der Waals surface area contributed by atoms with E-state index in [4.69, 9.17) is 16.3 Å². The first-order chi connectivity index (χ1) is 13.6. The molecule has 1 unspecified atom stereocenters. The molecule has 0 radical (unpaired) electrons. The van der Waals surface area contributed by atoms with Crippen LogP contribution in [0.25, 0.3) is 11.1 Å². The van der Waals surface area contributed by atoms with Gasteiger partial charge in [-0.05, 0) is 67.1 Å². The number of fused-ring (bicyclic) bond motifs is 3. The van der Waals surface area contributed by atoms with Crippen molar-refractivity contribution in [2.75, 3.05) is 13.1 Å². The van der Waals surface area contributed by atoms with Gasteiger partial charge in [0.05, 0.1) is 5.56 Å². The Kier molecular flexibility index (Phi) is 4.80. The van der Waals surface area contributed by atoms with Gasteiger partial charge in [-0.15, -0.1) is 0 Å². The zero-order chi connectivity index (χ0) is 19.3. The minimum atomic E-state index is -0.614. The number of nitrogens with one attached hydrogen (secondary N) is 1. The molecule has 2 aliphatic heterocycles. The summed E-state index contributed by atoms with van der Waals surface area (Å²) in [5, 5.41) is 3.52. The molecule has 2 aromatic rings. The smallest absolute Gasteiger partial charge is 0.135 e. The largest absolute Gasteiger partial charge is 0.489 e. The van der Waals surface area contributed by atoms with Gasteiger partial charge in [0.2, 0.25) is 0 Å². The van der Waals surface area contributed by atoms with Gasteiger partial charge >= 0.3 is 0 Å².